The number of rotatable bonds is 4. The van der Waals surface area contributed by atoms with Gasteiger partial charge in [-0.05, 0) is 30.7 Å². The number of esters is 1. The van der Waals surface area contributed by atoms with E-state index < -0.39 is 0 Å². The van der Waals surface area contributed by atoms with Crippen molar-refractivity contribution in [2.45, 2.75) is 19.4 Å². The van der Waals surface area contributed by atoms with Crippen molar-refractivity contribution >= 4 is 12.0 Å². The van der Waals surface area contributed by atoms with E-state index in [-0.39, 0.29) is 12.1 Å². The highest BCUT2D eigenvalue weighted by Gasteiger charge is 2.25. The second-order valence-electron chi connectivity index (χ2n) is 4.55. The molecule has 1 aliphatic rings. The topological polar surface area (TPSA) is 54.0 Å². The first kappa shape index (κ1) is 14.2. The molecule has 0 radical (unpaired) electrons. The molecule has 2 rings (SSSR count). The molecule has 0 amide bonds. The summed E-state index contributed by atoms with van der Waals surface area (Å²) in [5, 5.41) is 0. The molecule has 0 unspecified atom stereocenters. The summed E-state index contributed by atoms with van der Waals surface area (Å²) < 4.78 is 20.9. The van der Waals surface area contributed by atoms with Gasteiger partial charge in [0, 0.05) is 12.0 Å². The third-order valence-electron chi connectivity index (χ3n) is 3.11. The molecule has 108 valence electrons. The zero-order valence-electron chi connectivity index (χ0n) is 12.1. The summed E-state index contributed by atoms with van der Waals surface area (Å²) in [4.78, 5) is 11.6. The zero-order chi connectivity index (χ0) is 14.7. The Morgan fingerprint density at radius 3 is 2.15 bits per heavy atom. The molecule has 0 bridgehead atoms. The van der Waals surface area contributed by atoms with Crippen molar-refractivity contribution < 1.29 is 23.7 Å². The normalized spacial score (nSPS) is 19.9. The Morgan fingerprint density at radius 1 is 1.15 bits per heavy atom. The molecule has 0 N–H and O–H groups in total. The number of hydrogen-bond acceptors (Lipinski definition) is 5. The minimum atomic E-state index is -0.272. The van der Waals surface area contributed by atoms with E-state index in [1.54, 1.807) is 39.5 Å². The highest BCUT2D eigenvalue weighted by Crippen LogP contribution is 2.39. The van der Waals surface area contributed by atoms with Crippen molar-refractivity contribution in [1.29, 1.82) is 0 Å². The number of hydrogen-bond donors (Lipinski definition) is 0. The Kier molecular flexibility index (Phi) is 4.17. The molecule has 0 aliphatic carbocycles. The van der Waals surface area contributed by atoms with Crippen molar-refractivity contribution in [3.05, 3.63) is 23.3 Å². The van der Waals surface area contributed by atoms with Gasteiger partial charge in [-0.2, -0.15) is 0 Å². The van der Waals surface area contributed by atoms with E-state index in [2.05, 4.69) is 0 Å². The summed E-state index contributed by atoms with van der Waals surface area (Å²) >= 11 is 0. The van der Waals surface area contributed by atoms with Crippen LogP contribution < -0.4 is 14.2 Å². The lowest BCUT2D eigenvalue weighted by atomic mass is 10.1. The molecule has 20 heavy (non-hydrogen) atoms. The van der Waals surface area contributed by atoms with Crippen LogP contribution in [-0.2, 0) is 9.53 Å². The fraction of sp³-hybridized carbons (Fsp3) is 0.400. The van der Waals surface area contributed by atoms with E-state index in [9.17, 15) is 4.79 Å². The molecule has 5 heteroatoms. The second-order valence-corrected chi connectivity index (χ2v) is 4.55. The van der Waals surface area contributed by atoms with E-state index in [0.717, 1.165) is 5.56 Å². The lowest BCUT2D eigenvalue weighted by Gasteiger charge is -2.13. The quantitative estimate of drug-likeness (QED) is 0.625. The fourth-order valence-electron chi connectivity index (χ4n) is 2.20. The average molecular weight is 278 g/mol. The lowest BCUT2D eigenvalue weighted by Crippen LogP contribution is -1.99. The van der Waals surface area contributed by atoms with E-state index in [0.29, 0.717) is 29.2 Å². The van der Waals surface area contributed by atoms with Crippen LogP contribution >= 0.6 is 0 Å². The van der Waals surface area contributed by atoms with Gasteiger partial charge in [-0.25, -0.2) is 4.79 Å². The number of carbonyl (C=O) groups excluding carboxylic acids is 1. The largest absolute Gasteiger partial charge is 0.493 e. The maximum absolute atomic E-state index is 11.6. The number of methoxy groups -OCH3 is 3. The van der Waals surface area contributed by atoms with E-state index >= 15 is 0 Å². The molecule has 1 atom stereocenters. The van der Waals surface area contributed by atoms with Crippen LogP contribution in [-0.4, -0.2) is 33.4 Å². The fourth-order valence-corrected chi connectivity index (χ4v) is 2.20. The van der Waals surface area contributed by atoms with Gasteiger partial charge in [-0.3, -0.25) is 0 Å². The monoisotopic (exact) mass is 278 g/mol. The van der Waals surface area contributed by atoms with Crippen LogP contribution in [0.4, 0.5) is 0 Å². The standard InChI is InChI=1S/C15H18O5/c1-9-5-11(15(16)20-9)6-10-7-12(17-2)14(19-4)13(8-10)18-3/h6-9H,5H2,1-4H3/b11-6+/t9-/m1/s1. The molecule has 1 aromatic rings. The predicted molar refractivity (Wildman–Crippen MR) is 74.2 cm³/mol. The summed E-state index contributed by atoms with van der Waals surface area (Å²) in [7, 11) is 4.66. The highest BCUT2D eigenvalue weighted by atomic mass is 16.5. The van der Waals surface area contributed by atoms with Crippen LogP contribution in [0, 0.1) is 0 Å². The lowest BCUT2D eigenvalue weighted by molar-refractivity contribution is -0.138. The molecule has 0 aromatic heterocycles. The smallest absolute Gasteiger partial charge is 0.334 e. The minimum Gasteiger partial charge on any atom is -0.493 e. The molecule has 1 aliphatic heterocycles. The van der Waals surface area contributed by atoms with Gasteiger partial charge in [0.2, 0.25) is 5.75 Å². The Hall–Kier alpha value is -2.17. The van der Waals surface area contributed by atoms with Gasteiger partial charge in [0.15, 0.2) is 11.5 Å². The predicted octanol–water partition coefficient (Wildman–Crippen LogP) is 2.43. The molecular formula is C15H18O5. The first-order valence-corrected chi connectivity index (χ1v) is 6.30. The molecule has 1 fully saturated rings. The zero-order valence-corrected chi connectivity index (χ0v) is 12.1. The number of benzene rings is 1. The van der Waals surface area contributed by atoms with Crippen molar-refractivity contribution in [1.82, 2.24) is 0 Å². The minimum absolute atomic E-state index is 0.0733. The molecule has 0 saturated carbocycles. The first-order valence-electron chi connectivity index (χ1n) is 6.30. The number of cyclic esters (lactones) is 1. The number of carbonyl (C=O) groups is 1. The maximum atomic E-state index is 11.6. The summed E-state index contributed by atoms with van der Waals surface area (Å²) in [6.07, 6.45) is 2.32. The summed E-state index contributed by atoms with van der Waals surface area (Å²) in [5.41, 5.74) is 1.45. The van der Waals surface area contributed by atoms with Gasteiger partial charge in [-0.1, -0.05) is 0 Å². The number of ether oxygens (including phenoxy) is 4. The van der Waals surface area contributed by atoms with Crippen LogP contribution in [0.1, 0.15) is 18.9 Å². The van der Waals surface area contributed by atoms with Gasteiger partial charge in [0.25, 0.3) is 0 Å². The third-order valence-corrected chi connectivity index (χ3v) is 3.11. The van der Waals surface area contributed by atoms with E-state index in [4.69, 9.17) is 18.9 Å². The first-order chi connectivity index (χ1) is 9.58. The Morgan fingerprint density at radius 2 is 1.75 bits per heavy atom. The molecule has 1 heterocycles. The van der Waals surface area contributed by atoms with Gasteiger partial charge in [0.1, 0.15) is 6.10 Å². The van der Waals surface area contributed by atoms with Crippen LogP contribution in [0.5, 0.6) is 17.2 Å². The molecule has 5 nitrogen and oxygen atoms in total. The van der Waals surface area contributed by atoms with Crippen molar-refractivity contribution in [2.75, 3.05) is 21.3 Å². The third kappa shape index (κ3) is 2.71. The summed E-state index contributed by atoms with van der Waals surface area (Å²) in [5.74, 6) is 1.36. The Balaban J connectivity index is 2.43. The van der Waals surface area contributed by atoms with Gasteiger partial charge in [0.05, 0.1) is 21.3 Å². The van der Waals surface area contributed by atoms with Crippen LogP contribution in [0.25, 0.3) is 6.08 Å². The SMILES string of the molecule is COc1cc(/C=C2\C[C@@H](C)OC2=O)cc(OC)c1OC. The van der Waals surface area contributed by atoms with Gasteiger partial charge < -0.3 is 18.9 Å². The summed E-state index contributed by atoms with van der Waals surface area (Å²) in [6.45, 7) is 1.87. The van der Waals surface area contributed by atoms with Crippen molar-refractivity contribution in [3.8, 4) is 17.2 Å². The van der Waals surface area contributed by atoms with Crippen LogP contribution in [0.3, 0.4) is 0 Å². The molecule has 1 saturated heterocycles. The van der Waals surface area contributed by atoms with Gasteiger partial charge >= 0.3 is 5.97 Å². The summed E-state index contributed by atoms with van der Waals surface area (Å²) in [6, 6.07) is 3.59. The molecular weight excluding hydrogens is 260 g/mol. The van der Waals surface area contributed by atoms with E-state index in [1.165, 1.54) is 0 Å². The molecule has 0 spiro atoms. The van der Waals surface area contributed by atoms with Crippen molar-refractivity contribution in [2.24, 2.45) is 0 Å². The average Bonchev–Trinajstić information content (AvgIpc) is 2.75. The van der Waals surface area contributed by atoms with Crippen LogP contribution in [0.15, 0.2) is 17.7 Å². The Bertz CT molecular complexity index is 522. The maximum Gasteiger partial charge on any atom is 0.334 e. The van der Waals surface area contributed by atoms with E-state index in [1.807, 2.05) is 6.92 Å². The van der Waals surface area contributed by atoms with Gasteiger partial charge in [-0.15, -0.1) is 0 Å². The Labute approximate surface area is 118 Å². The highest BCUT2D eigenvalue weighted by molar-refractivity contribution is 5.95. The van der Waals surface area contributed by atoms with Crippen molar-refractivity contribution in [3.63, 3.8) is 0 Å². The van der Waals surface area contributed by atoms with Crippen LogP contribution in [0.2, 0.25) is 0 Å². The molecule has 1 aromatic carbocycles. The second kappa shape index (κ2) is 5.86.